The van der Waals surface area contributed by atoms with Crippen molar-refractivity contribution in [2.24, 2.45) is 0 Å². The number of hydrogen-bond acceptors (Lipinski definition) is 5. The highest BCUT2D eigenvalue weighted by atomic mass is 16.5. The van der Waals surface area contributed by atoms with Crippen molar-refractivity contribution in [2.75, 3.05) is 12.4 Å². The zero-order chi connectivity index (χ0) is 28.2. The molecule has 8 heteroatoms. The maximum atomic E-state index is 13.9. The standard InChI is InChI=1S/C32H38N4O4/c1-40-27-20-18-25(19-21-27)31(32(39)34-26-13-6-3-7-14-26)36(23-24-11-4-2-5-12-24)30(38)17-10-16-29(37)35-28-15-8-9-22-33-28/h2,4-5,8-9,11-12,15,18-22,26,31H,3,6-7,10,13-14,16-17,23H2,1H3,(H,34,39)(H,33,35,37)/t31-/m1/s1. The number of aromatic nitrogens is 1. The van der Waals surface area contributed by atoms with Crippen LogP contribution in [0.4, 0.5) is 5.82 Å². The highest BCUT2D eigenvalue weighted by Gasteiger charge is 2.33. The molecule has 1 heterocycles. The summed E-state index contributed by atoms with van der Waals surface area (Å²) in [5.41, 5.74) is 1.64. The van der Waals surface area contributed by atoms with E-state index >= 15 is 0 Å². The molecule has 1 aliphatic rings. The van der Waals surface area contributed by atoms with Gasteiger partial charge in [-0.15, -0.1) is 0 Å². The van der Waals surface area contributed by atoms with Crippen molar-refractivity contribution >= 4 is 23.5 Å². The van der Waals surface area contributed by atoms with Crippen LogP contribution in [0.3, 0.4) is 0 Å². The molecule has 2 aromatic carbocycles. The largest absolute Gasteiger partial charge is 0.497 e. The Kier molecular flexibility index (Phi) is 10.7. The summed E-state index contributed by atoms with van der Waals surface area (Å²) in [4.78, 5) is 45.9. The van der Waals surface area contributed by atoms with Gasteiger partial charge < -0.3 is 20.3 Å². The van der Waals surface area contributed by atoms with Crippen molar-refractivity contribution in [3.05, 3.63) is 90.1 Å². The first kappa shape index (κ1) is 28.8. The zero-order valence-electron chi connectivity index (χ0n) is 23.1. The van der Waals surface area contributed by atoms with Gasteiger partial charge in [-0.2, -0.15) is 0 Å². The van der Waals surface area contributed by atoms with E-state index in [0.717, 1.165) is 31.2 Å². The number of ether oxygens (including phenoxy) is 1. The van der Waals surface area contributed by atoms with Crippen LogP contribution < -0.4 is 15.4 Å². The quantitative estimate of drug-likeness (QED) is 0.318. The molecule has 0 radical (unpaired) electrons. The van der Waals surface area contributed by atoms with Crippen LogP contribution in [0, 0.1) is 0 Å². The van der Waals surface area contributed by atoms with Crippen LogP contribution in [-0.2, 0) is 20.9 Å². The Hall–Kier alpha value is -4.20. The molecule has 3 aromatic rings. The van der Waals surface area contributed by atoms with E-state index in [-0.39, 0.29) is 43.1 Å². The fourth-order valence-corrected chi connectivity index (χ4v) is 5.08. The van der Waals surface area contributed by atoms with Crippen LogP contribution in [0.25, 0.3) is 0 Å². The van der Waals surface area contributed by atoms with Gasteiger partial charge in [0.05, 0.1) is 7.11 Å². The first-order valence-electron chi connectivity index (χ1n) is 14.0. The van der Waals surface area contributed by atoms with Gasteiger partial charge in [0.1, 0.15) is 17.6 Å². The smallest absolute Gasteiger partial charge is 0.247 e. The fraction of sp³-hybridized carbons (Fsp3) is 0.375. The molecule has 0 bridgehead atoms. The number of rotatable bonds is 12. The average molecular weight is 543 g/mol. The van der Waals surface area contributed by atoms with Gasteiger partial charge in [0.15, 0.2) is 0 Å². The number of nitrogens with zero attached hydrogens (tertiary/aromatic N) is 2. The van der Waals surface area contributed by atoms with Crippen LogP contribution in [0.1, 0.15) is 68.5 Å². The molecule has 40 heavy (non-hydrogen) atoms. The van der Waals surface area contributed by atoms with Gasteiger partial charge in [-0.25, -0.2) is 4.98 Å². The Balaban J connectivity index is 1.54. The van der Waals surface area contributed by atoms with Crippen molar-refractivity contribution in [3.63, 3.8) is 0 Å². The Labute approximate surface area is 236 Å². The third-order valence-electron chi connectivity index (χ3n) is 7.19. The van der Waals surface area contributed by atoms with Crippen LogP contribution in [0.15, 0.2) is 79.0 Å². The monoisotopic (exact) mass is 542 g/mol. The Morgan fingerprint density at radius 2 is 1.65 bits per heavy atom. The summed E-state index contributed by atoms with van der Waals surface area (Å²) in [5.74, 6) is 0.574. The predicted octanol–water partition coefficient (Wildman–Crippen LogP) is 5.42. The third kappa shape index (κ3) is 8.40. The second-order valence-corrected chi connectivity index (χ2v) is 10.1. The van der Waals surface area contributed by atoms with Crippen LogP contribution in [0.5, 0.6) is 5.75 Å². The molecule has 1 saturated carbocycles. The molecule has 1 atom stereocenters. The van der Waals surface area contributed by atoms with Gasteiger partial charge in [0, 0.05) is 31.6 Å². The molecule has 3 amide bonds. The summed E-state index contributed by atoms with van der Waals surface area (Å²) in [6, 6.07) is 21.5. The van der Waals surface area contributed by atoms with Crippen molar-refractivity contribution < 1.29 is 19.1 Å². The number of carbonyl (C=O) groups is 3. The predicted molar refractivity (Wildman–Crippen MR) is 154 cm³/mol. The van der Waals surface area contributed by atoms with Crippen molar-refractivity contribution in [1.82, 2.24) is 15.2 Å². The fourth-order valence-electron chi connectivity index (χ4n) is 5.08. The minimum atomic E-state index is -0.817. The van der Waals surface area contributed by atoms with E-state index in [0.29, 0.717) is 23.6 Å². The van der Waals surface area contributed by atoms with E-state index in [1.807, 2.05) is 54.6 Å². The van der Waals surface area contributed by atoms with E-state index in [9.17, 15) is 14.4 Å². The minimum absolute atomic E-state index is 0.103. The topological polar surface area (TPSA) is 101 Å². The molecule has 8 nitrogen and oxygen atoms in total. The zero-order valence-corrected chi connectivity index (χ0v) is 23.1. The summed E-state index contributed by atoms with van der Waals surface area (Å²) in [6.07, 6.45) is 7.51. The lowest BCUT2D eigenvalue weighted by Crippen LogP contribution is -2.46. The SMILES string of the molecule is COc1ccc([C@H](C(=O)NC2CCCCC2)N(Cc2ccccc2)C(=O)CCCC(=O)Nc2ccccn2)cc1. The Morgan fingerprint density at radius 1 is 0.925 bits per heavy atom. The van der Waals surface area contributed by atoms with Gasteiger partial charge >= 0.3 is 0 Å². The molecule has 0 spiro atoms. The normalized spacial score (nSPS) is 14.1. The molecule has 0 unspecified atom stereocenters. The highest BCUT2D eigenvalue weighted by molar-refractivity contribution is 5.91. The van der Waals surface area contributed by atoms with Gasteiger partial charge in [-0.1, -0.05) is 67.8 Å². The van der Waals surface area contributed by atoms with Gasteiger partial charge in [0.25, 0.3) is 0 Å². The lowest BCUT2D eigenvalue weighted by Gasteiger charge is -2.33. The number of anilines is 1. The molecule has 1 fully saturated rings. The highest BCUT2D eigenvalue weighted by Crippen LogP contribution is 2.28. The van der Waals surface area contributed by atoms with E-state index in [1.165, 1.54) is 6.42 Å². The van der Waals surface area contributed by atoms with Gasteiger partial charge in [-0.05, 0) is 54.7 Å². The number of pyridine rings is 1. The van der Waals surface area contributed by atoms with E-state index in [2.05, 4.69) is 15.6 Å². The first-order valence-corrected chi connectivity index (χ1v) is 14.0. The van der Waals surface area contributed by atoms with Crippen molar-refractivity contribution in [3.8, 4) is 5.75 Å². The molecule has 210 valence electrons. The molecule has 2 N–H and O–H groups in total. The first-order chi connectivity index (χ1) is 19.5. The second-order valence-electron chi connectivity index (χ2n) is 10.1. The van der Waals surface area contributed by atoms with Gasteiger partial charge in [0.2, 0.25) is 17.7 Å². The van der Waals surface area contributed by atoms with Crippen LogP contribution in [-0.4, -0.2) is 40.8 Å². The lowest BCUT2D eigenvalue weighted by molar-refractivity contribution is -0.142. The van der Waals surface area contributed by atoms with Gasteiger partial charge in [-0.3, -0.25) is 14.4 Å². The number of nitrogens with one attached hydrogen (secondary N) is 2. The van der Waals surface area contributed by atoms with Crippen molar-refractivity contribution in [1.29, 1.82) is 0 Å². The summed E-state index contributed by atoms with van der Waals surface area (Å²) >= 11 is 0. The van der Waals surface area contributed by atoms with E-state index < -0.39 is 6.04 Å². The summed E-state index contributed by atoms with van der Waals surface area (Å²) in [6.45, 7) is 0.272. The van der Waals surface area contributed by atoms with Crippen molar-refractivity contribution in [2.45, 2.75) is 70.0 Å². The number of methoxy groups -OCH3 is 1. The lowest BCUT2D eigenvalue weighted by atomic mass is 9.94. The summed E-state index contributed by atoms with van der Waals surface area (Å²) < 4.78 is 5.33. The maximum Gasteiger partial charge on any atom is 0.247 e. The number of hydrogen-bond donors (Lipinski definition) is 2. The number of benzene rings is 2. The summed E-state index contributed by atoms with van der Waals surface area (Å²) in [5, 5.41) is 5.99. The molecular formula is C32H38N4O4. The number of amides is 3. The third-order valence-corrected chi connectivity index (χ3v) is 7.19. The van der Waals surface area contributed by atoms with E-state index in [4.69, 9.17) is 4.74 Å². The summed E-state index contributed by atoms with van der Waals surface area (Å²) in [7, 11) is 1.59. The molecule has 1 aliphatic carbocycles. The Bertz CT molecular complexity index is 1230. The molecule has 4 rings (SSSR count). The minimum Gasteiger partial charge on any atom is -0.497 e. The van der Waals surface area contributed by atoms with E-state index in [1.54, 1.807) is 36.4 Å². The molecular weight excluding hydrogens is 504 g/mol. The molecule has 0 aliphatic heterocycles. The molecule has 1 aromatic heterocycles. The second kappa shape index (κ2) is 14.8. The van der Waals surface area contributed by atoms with Crippen LogP contribution in [0.2, 0.25) is 0 Å². The van der Waals surface area contributed by atoms with Crippen LogP contribution >= 0.6 is 0 Å². The average Bonchev–Trinajstić information content (AvgIpc) is 2.98. The maximum absolute atomic E-state index is 13.9. The number of carbonyl (C=O) groups excluding carboxylic acids is 3. The Morgan fingerprint density at radius 3 is 2.33 bits per heavy atom. The molecule has 0 saturated heterocycles.